The number of halogens is 3. The van der Waals surface area contributed by atoms with Crippen LogP contribution in [-0.4, -0.2) is 37.1 Å². The van der Waals surface area contributed by atoms with Crippen molar-refractivity contribution in [3.63, 3.8) is 0 Å². The smallest absolute Gasteiger partial charge is 0.475 e. The molecule has 154 valence electrons. The first-order valence-electron chi connectivity index (χ1n) is 8.14. The number of carbonyl (C=O) groups is 2. The zero-order valence-electron chi connectivity index (χ0n) is 15.6. The van der Waals surface area contributed by atoms with Crippen molar-refractivity contribution in [3.05, 3.63) is 58.6 Å². The van der Waals surface area contributed by atoms with E-state index < -0.39 is 12.1 Å². The minimum Gasteiger partial charge on any atom is -0.475 e. The highest BCUT2D eigenvalue weighted by molar-refractivity contribution is 7.06. The van der Waals surface area contributed by atoms with E-state index in [4.69, 9.17) is 9.90 Å². The molecular weight excluding hydrogens is 409 g/mol. The molecule has 11 heteroatoms. The number of alkyl halides is 3. The zero-order valence-corrected chi connectivity index (χ0v) is 16.4. The number of nitrogens with one attached hydrogen (secondary N) is 1. The Morgan fingerprint density at radius 1 is 1.14 bits per heavy atom. The molecule has 0 aliphatic carbocycles. The molecule has 0 atom stereocenters. The molecule has 0 spiro atoms. The van der Waals surface area contributed by atoms with E-state index >= 15 is 0 Å². The summed E-state index contributed by atoms with van der Waals surface area (Å²) in [6.07, 6.45) is -1.68. The SMILES string of the molecule is Cc1ncn(-c2ccc(NC(=O)c3cnsc3C)cc2)c1C.O=C(O)C(F)(F)F. The second-order valence-corrected chi connectivity index (χ2v) is 6.89. The van der Waals surface area contributed by atoms with Gasteiger partial charge in [0.1, 0.15) is 0 Å². The highest BCUT2D eigenvalue weighted by atomic mass is 32.1. The minimum absolute atomic E-state index is 0.131. The summed E-state index contributed by atoms with van der Waals surface area (Å²) in [6, 6.07) is 7.69. The van der Waals surface area contributed by atoms with E-state index in [0.29, 0.717) is 5.56 Å². The largest absolute Gasteiger partial charge is 0.490 e. The Morgan fingerprint density at radius 2 is 1.72 bits per heavy atom. The summed E-state index contributed by atoms with van der Waals surface area (Å²) in [4.78, 5) is 26.3. The van der Waals surface area contributed by atoms with Crippen LogP contribution in [0.4, 0.5) is 18.9 Å². The molecule has 0 radical (unpaired) electrons. The predicted octanol–water partition coefficient (Wildman–Crippen LogP) is 4.14. The molecule has 0 saturated carbocycles. The standard InChI is InChI=1S/C16H16N4OS.C2HF3O2/c1-10-11(2)20(9-17-10)14-6-4-13(5-7-14)19-16(21)15-8-18-22-12(15)3;3-2(4,5)1(6)7/h4-9H,1-3H3,(H,19,21);(H,6,7). The number of aromatic nitrogens is 3. The molecule has 1 aromatic carbocycles. The predicted molar refractivity (Wildman–Crippen MR) is 102 cm³/mol. The number of anilines is 1. The summed E-state index contributed by atoms with van der Waals surface area (Å²) >= 11 is 1.33. The fourth-order valence-electron chi connectivity index (χ4n) is 2.18. The monoisotopic (exact) mass is 426 g/mol. The number of hydrogen-bond acceptors (Lipinski definition) is 5. The van der Waals surface area contributed by atoms with E-state index in [1.165, 1.54) is 11.5 Å². The van der Waals surface area contributed by atoms with Gasteiger partial charge in [-0.25, -0.2) is 14.2 Å². The third-order valence-corrected chi connectivity index (χ3v) is 4.60. The van der Waals surface area contributed by atoms with Gasteiger partial charge in [0.2, 0.25) is 0 Å². The highest BCUT2D eigenvalue weighted by Gasteiger charge is 2.38. The molecule has 0 unspecified atom stereocenters. The van der Waals surface area contributed by atoms with E-state index in [-0.39, 0.29) is 5.91 Å². The molecule has 0 bridgehead atoms. The lowest BCUT2D eigenvalue weighted by molar-refractivity contribution is -0.192. The first-order valence-corrected chi connectivity index (χ1v) is 8.91. The number of aryl methyl sites for hydroxylation is 2. The van der Waals surface area contributed by atoms with Crippen molar-refractivity contribution in [1.82, 2.24) is 13.9 Å². The maximum atomic E-state index is 12.1. The first-order chi connectivity index (χ1) is 13.5. The van der Waals surface area contributed by atoms with E-state index in [1.54, 1.807) is 12.5 Å². The topological polar surface area (TPSA) is 97.1 Å². The van der Waals surface area contributed by atoms with Crippen molar-refractivity contribution in [3.8, 4) is 5.69 Å². The van der Waals surface area contributed by atoms with Crippen LogP contribution >= 0.6 is 11.5 Å². The number of carbonyl (C=O) groups excluding carboxylic acids is 1. The van der Waals surface area contributed by atoms with Crippen LogP contribution in [0, 0.1) is 20.8 Å². The number of benzene rings is 1. The number of carboxylic acid groups (broad SMARTS) is 1. The molecule has 0 fully saturated rings. The number of carboxylic acids is 1. The number of amides is 1. The van der Waals surface area contributed by atoms with Crippen molar-refractivity contribution in [2.45, 2.75) is 26.9 Å². The summed E-state index contributed by atoms with van der Waals surface area (Å²) in [5, 5.41) is 10.0. The molecule has 2 heterocycles. The van der Waals surface area contributed by atoms with Crippen molar-refractivity contribution in [2.75, 3.05) is 5.32 Å². The summed E-state index contributed by atoms with van der Waals surface area (Å²) in [5.41, 5.74) is 4.52. The second-order valence-electron chi connectivity index (χ2n) is 5.88. The first kappa shape index (κ1) is 22.1. The Labute approximate surface area is 168 Å². The van der Waals surface area contributed by atoms with E-state index in [0.717, 1.165) is 27.6 Å². The number of imidazole rings is 1. The third kappa shape index (κ3) is 5.64. The van der Waals surface area contributed by atoms with Gasteiger partial charge in [-0.1, -0.05) is 0 Å². The number of aliphatic carboxylic acids is 1. The van der Waals surface area contributed by atoms with Crippen LogP contribution in [0.15, 0.2) is 36.8 Å². The molecule has 0 saturated heterocycles. The van der Waals surface area contributed by atoms with Crippen LogP contribution in [0.2, 0.25) is 0 Å². The van der Waals surface area contributed by atoms with Crippen LogP contribution in [0.25, 0.3) is 5.69 Å². The molecule has 7 nitrogen and oxygen atoms in total. The summed E-state index contributed by atoms with van der Waals surface area (Å²) < 4.78 is 37.8. The Kier molecular flexibility index (Phi) is 6.75. The zero-order chi connectivity index (χ0) is 21.8. The van der Waals surface area contributed by atoms with Crippen LogP contribution in [0.5, 0.6) is 0 Å². The number of rotatable bonds is 3. The van der Waals surface area contributed by atoms with Crippen LogP contribution in [0.1, 0.15) is 26.6 Å². The van der Waals surface area contributed by atoms with Crippen molar-refractivity contribution in [1.29, 1.82) is 0 Å². The Morgan fingerprint density at radius 3 is 2.14 bits per heavy atom. The molecular formula is C18H17F3N4O3S. The summed E-state index contributed by atoms with van der Waals surface area (Å²) in [7, 11) is 0. The van der Waals surface area contributed by atoms with Gasteiger partial charge in [-0.2, -0.15) is 13.2 Å². The lowest BCUT2D eigenvalue weighted by atomic mass is 10.2. The minimum atomic E-state index is -5.08. The van der Waals surface area contributed by atoms with Gasteiger partial charge in [0.25, 0.3) is 5.91 Å². The van der Waals surface area contributed by atoms with Gasteiger partial charge in [0, 0.05) is 21.9 Å². The van der Waals surface area contributed by atoms with Crippen LogP contribution in [0.3, 0.4) is 0 Å². The average molecular weight is 426 g/mol. The number of hydrogen-bond donors (Lipinski definition) is 2. The third-order valence-electron chi connectivity index (χ3n) is 3.89. The molecule has 3 rings (SSSR count). The van der Waals surface area contributed by atoms with Crippen molar-refractivity contribution < 1.29 is 27.9 Å². The molecule has 2 aromatic heterocycles. The Bertz CT molecular complexity index is 1010. The van der Waals surface area contributed by atoms with Gasteiger partial charge in [0.05, 0.1) is 23.8 Å². The van der Waals surface area contributed by atoms with E-state index in [1.807, 2.05) is 49.6 Å². The van der Waals surface area contributed by atoms with Crippen LogP contribution < -0.4 is 5.32 Å². The van der Waals surface area contributed by atoms with Crippen molar-refractivity contribution >= 4 is 29.1 Å². The molecule has 29 heavy (non-hydrogen) atoms. The Hall–Kier alpha value is -3.21. The maximum Gasteiger partial charge on any atom is 0.490 e. The van der Waals surface area contributed by atoms with Gasteiger partial charge < -0.3 is 15.0 Å². The summed E-state index contributed by atoms with van der Waals surface area (Å²) in [5.74, 6) is -2.89. The molecule has 0 aliphatic rings. The molecule has 1 amide bonds. The maximum absolute atomic E-state index is 12.1. The fourth-order valence-corrected chi connectivity index (χ4v) is 2.74. The average Bonchev–Trinajstić information content (AvgIpc) is 3.22. The van der Waals surface area contributed by atoms with E-state index in [9.17, 15) is 18.0 Å². The van der Waals surface area contributed by atoms with Gasteiger partial charge in [-0.15, -0.1) is 0 Å². The number of nitrogens with zero attached hydrogens (tertiary/aromatic N) is 3. The molecule has 3 aromatic rings. The fraction of sp³-hybridized carbons (Fsp3) is 0.222. The second kappa shape index (κ2) is 8.86. The highest BCUT2D eigenvalue weighted by Crippen LogP contribution is 2.18. The normalized spacial score (nSPS) is 10.8. The Balaban J connectivity index is 0.000000370. The van der Waals surface area contributed by atoms with Gasteiger partial charge in [0.15, 0.2) is 0 Å². The van der Waals surface area contributed by atoms with Gasteiger partial charge in [-0.05, 0) is 56.6 Å². The van der Waals surface area contributed by atoms with Gasteiger partial charge >= 0.3 is 12.1 Å². The lowest BCUT2D eigenvalue weighted by Crippen LogP contribution is -2.21. The molecule has 0 aliphatic heterocycles. The van der Waals surface area contributed by atoms with Crippen LogP contribution in [-0.2, 0) is 4.79 Å². The summed E-state index contributed by atoms with van der Waals surface area (Å²) in [6.45, 7) is 5.90. The van der Waals surface area contributed by atoms with Crippen molar-refractivity contribution in [2.24, 2.45) is 0 Å². The quantitative estimate of drug-likeness (QED) is 0.656. The lowest BCUT2D eigenvalue weighted by Gasteiger charge is -2.08. The van der Waals surface area contributed by atoms with Gasteiger partial charge in [-0.3, -0.25) is 4.79 Å². The molecule has 2 N–H and O–H groups in total. The van der Waals surface area contributed by atoms with E-state index in [2.05, 4.69) is 14.7 Å².